The normalized spacial score (nSPS) is 13.8. The number of rotatable bonds is 8. The van der Waals surface area contributed by atoms with Crippen molar-refractivity contribution in [2.45, 2.75) is 32.4 Å². The van der Waals surface area contributed by atoms with Crippen LogP contribution in [0.15, 0.2) is 73.1 Å². The molecular weight excluding hydrogens is 507 g/mol. The van der Waals surface area contributed by atoms with Gasteiger partial charge in [0, 0.05) is 60.6 Å². The van der Waals surface area contributed by atoms with Gasteiger partial charge in [-0.05, 0) is 87.0 Å². The van der Waals surface area contributed by atoms with Crippen LogP contribution in [0.4, 0.5) is 33.3 Å². The van der Waals surface area contributed by atoms with Gasteiger partial charge in [0.05, 0.1) is 0 Å². The Morgan fingerprint density at radius 3 is 2.50 bits per heavy atom. The van der Waals surface area contributed by atoms with Gasteiger partial charge >= 0.3 is 0 Å². The highest BCUT2D eigenvalue weighted by molar-refractivity contribution is 5.94. The van der Waals surface area contributed by atoms with E-state index in [1.165, 1.54) is 6.07 Å². The van der Waals surface area contributed by atoms with Crippen LogP contribution in [0, 0.1) is 12.7 Å². The number of aromatic nitrogens is 3. The summed E-state index contributed by atoms with van der Waals surface area (Å²) in [4.78, 5) is 30.3. The molecule has 0 saturated carbocycles. The summed E-state index contributed by atoms with van der Waals surface area (Å²) in [6.45, 7) is 3.86. The molecule has 0 aliphatic carbocycles. The third kappa shape index (κ3) is 6.52. The van der Waals surface area contributed by atoms with E-state index in [1.807, 2.05) is 41.3 Å². The minimum absolute atomic E-state index is 0.0289. The molecule has 0 bridgehead atoms. The fourth-order valence-electron chi connectivity index (χ4n) is 4.86. The monoisotopic (exact) mass is 540 g/mol. The van der Waals surface area contributed by atoms with E-state index in [0.29, 0.717) is 47.8 Å². The molecule has 4 N–H and O–H groups in total. The van der Waals surface area contributed by atoms with Crippen LogP contribution in [-0.2, 0) is 6.54 Å². The third-order valence-electron chi connectivity index (χ3n) is 7.19. The Morgan fingerprint density at radius 1 is 1.02 bits per heavy atom. The summed E-state index contributed by atoms with van der Waals surface area (Å²) < 4.78 is 13.6. The lowest BCUT2D eigenvalue weighted by Gasteiger charge is -2.37. The fraction of sp³-hybridized carbons (Fsp3) is 0.267. The molecule has 1 fully saturated rings. The van der Waals surface area contributed by atoms with Crippen molar-refractivity contribution in [1.29, 1.82) is 0 Å². The molecule has 2 aromatic carbocycles. The van der Waals surface area contributed by atoms with Crippen LogP contribution < -0.4 is 16.4 Å². The van der Waals surface area contributed by atoms with E-state index in [0.717, 1.165) is 36.3 Å². The topological polar surface area (TPSA) is 112 Å². The summed E-state index contributed by atoms with van der Waals surface area (Å²) >= 11 is 0. The van der Waals surface area contributed by atoms with Crippen molar-refractivity contribution in [2.24, 2.45) is 0 Å². The highest BCUT2D eigenvalue weighted by Gasteiger charge is 2.26. The Kier molecular flexibility index (Phi) is 8.16. The smallest absolute Gasteiger partial charge is 0.253 e. The first-order chi connectivity index (χ1) is 19.4. The van der Waals surface area contributed by atoms with E-state index in [9.17, 15) is 9.18 Å². The predicted octanol–water partition coefficient (Wildman–Crippen LogP) is 5.13. The second kappa shape index (κ2) is 12.1. The average molecular weight is 541 g/mol. The second-order valence-electron chi connectivity index (χ2n) is 10.0. The molecule has 4 aromatic rings. The largest absolute Gasteiger partial charge is 0.383 e. The first-order valence-corrected chi connectivity index (χ1v) is 13.3. The molecule has 0 atom stereocenters. The summed E-state index contributed by atoms with van der Waals surface area (Å²) in [5, 5.41) is 6.34. The molecule has 1 aliphatic heterocycles. The SMILES string of the molecule is Cc1cc(Nc2ccnc(Nc3ccc(C(=O)N4CCC(N(C)Cc5cccnc5N)CC4)cc3)n2)ccc1F. The van der Waals surface area contributed by atoms with Crippen molar-refractivity contribution in [1.82, 2.24) is 24.8 Å². The highest BCUT2D eigenvalue weighted by Crippen LogP contribution is 2.23. The molecule has 1 saturated heterocycles. The summed E-state index contributed by atoms with van der Waals surface area (Å²) in [6.07, 6.45) is 5.15. The van der Waals surface area contributed by atoms with Crippen LogP contribution in [0.1, 0.15) is 34.3 Å². The lowest BCUT2D eigenvalue weighted by Crippen LogP contribution is -2.45. The van der Waals surface area contributed by atoms with Gasteiger partial charge in [0.1, 0.15) is 17.5 Å². The lowest BCUT2D eigenvalue weighted by atomic mass is 10.0. The van der Waals surface area contributed by atoms with Crippen LogP contribution >= 0.6 is 0 Å². The molecule has 0 spiro atoms. The number of carbonyl (C=O) groups is 1. The van der Waals surface area contributed by atoms with Gasteiger partial charge in [-0.25, -0.2) is 14.4 Å². The summed E-state index contributed by atoms with van der Waals surface area (Å²) in [7, 11) is 2.10. The Balaban J connectivity index is 1.14. The zero-order chi connectivity index (χ0) is 28.1. The third-order valence-corrected chi connectivity index (χ3v) is 7.19. The highest BCUT2D eigenvalue weighted by atomic mass is 19.1. The minimum atomic E-state index is -0.252. The van der Waals surface area contributed by atoms with E-state index in [-0.39, 0.29) is 11.7 Å². The number of aryl methyl sites for hydroxylation is 1. The second-order valence-corrected chi connectivity index (χ2v) is 10.0. The van der Waals surface area contributed by atoms with E-state index >= 15 is 0 Å². The van der Waals surface area contributed by atoms with E-state index in [2.05, 4.69) is 37.5 Å². The van der Waals surface area contributed by atoms with Gasteiger partial charge in [0.2, 0.25) is 5.95 Å². The molecule has 3 heterocycles. The predicted molar refractivity (Wildman–Crippen MR) is 155 cm³/mol. The van der Waals surface area contributed by atoms with Crippen molar-refractivity contribution in [3.05, 3.63) is 95.6 Å². The van der Waals surface area contributed by atoms with Gasteiger partial charge in [-0.3, -0.25) is 9.69 Å². The number of pyridine rings is 1. The van der Waals surface area contributed by atoms with E-state index < -0.39 is 0 Å². The molecule has 40 heavy (non-hydrogen) atoms. The number of halogens is 1. The molecule has 2 aromatic heterocycles. The number of nitrogens with one attached hydrogen (secondary N) is 2. The molecule has 10 heteroatoms. The molecule has 0 radical (unpaired) electrons. The molecule has 0 unspecified atom stereocenters. The van der Waals surface area contributed by atoms with Crippen molar-refractivity contribution in [2.75, 3.05) is 36.5 Å². The fourth-order valence-corrected chi connectivity index (χ4v) is 4.86. The Bertz CT molecular complexity index is 1470. The minimum Gasteiger partial charge on any atom is -0.383 e. The number of carbonyl (C=O) groups excluding carboxylic acids is 1. The standard InChI is InChI=1S/C30H33FN8O/c1-20-18-24(9-10-26(20)31)35-27-11-15-34-30(37-27)36-23-7-5-21(6-8-23)29(40)39-16-12-25(13-17-39)38(2)19-22-4-3-14-33-28(22)32/h3-11,14-15,18,25H,12-13,16-17,19H2,1-2H3,(H2,32,33)(H2,34,35,36,37). The number of nitrogens with zero attached hydrogens (tertiary/aromatic N) is 5. The van der Waals surface area contributed by atoms with E-state index in [1.54, 1.807) is 37.5 Å². The Morgan fingerprint density at radius 2 is 1.77 bits per heavy atom. The van der Waals surface area contributed by atoms with Crippen LogP contribution in [0.25, 0.3) is 0 Å². The maximum absolute atomic E-state index is 13.6. The molecule has 1 aliphatic rings. The van der Waals surface area contributed by atoms with Gasteiger partial charge in [0.15, 0.2) is 0 Å². The number of hydrogen-bond acceptors (Lipinski definition) is 8. The number of anilines is 5. The number of likely N-dealkylation sites (tertiary alicyclic amines) is 1. The lowest BCUT2D eigenvalue weighted by molar-refractivity contribution is 0.0639. The van der Waals surface area contributed by atoms with Crippen LogP contribution in [-0.4, -0.2) is 56.8 Å². The molecule has 5 rings (SSSR count). The van der Waals surface area contributed by atoms with Crippen LogP contribution in [0.2, 0.25) is 0 Å². The number of piperidine rings is 1. The number of nitrogens with two attached hydrogens (primary N) is 1. The van der Waals surface area contributed by atoms with Crippen molar-refractivity contribution >= 4 is 34.9 Å². The molecular formula is C30H33FN8O. The maximum Gasteiger partial charge on any atom is 0.253 e. The number of benzene rings is 2. The first-order valence-electron chi connectivity index (χ1n) is 13.3. The number of hydrogen-bond donors (Lipinski definition) is 3. The molecule has 9 nitrogen and oxygen atoms in total. The van der Waals surface area contributed by atoms with Gasteiger partial charge in [-0.15, -0.1) is 0 Å². The number of amides is 1. The van der Waals surface area contributed by atoms with Crippen molar-refractivity contribution < 1.29 is 9.18 Å². The Hall–Kier alpha value is -4.57. The van der Waals surface area contributed by atoms with Gasteiger partial charge < -0.3 is 21.3 Å². The Labute approximate surface area is 233 Å². The van der Waals surface area contributed by atoms with Gasteiger partial charge in [0.25, 0.3) is 5.91 Å². The van der Waals surface area contributed by atoms with Gasteiger partial charge in [-0.1, -0.05) is 6.07 Å². The zero-order valence-corrected chi connectivity index (χ0v) is 22.6. The van der Waals surface area contributed by atoms with Crippen molar-refractivity contribution in [3.8, 4) is 0 Å². The summed E-state index contributed by atoms with van der Waals surface area (Å²) in [6, 6.07) is 18.2. The quantitative estimate of drug-likeness (QED) is 0.282. The maximum atomic E-state index is 13.6. The average Bonchev–Trinajstić information content (AvgIpc) is 2.96. The van der Waals surface area contributed by atoms with Crippen LogP contribution in [0.5, 0.6) is 0 Å². The molecule has 206 valence electrons. The summed E-state index contributed by atoms with van der Waals surface area (Å²) in [5.41, 5.74) is 9.72. The number of nitrogen functional groups attached to an aromatic ring is 1. The van der Waals surface area contributed by atoms with Gasteiger partial charge in [-0.2, -0.15) is 4.98 Å². The van der Waals surface area contributed by atoms with Crippen molar-refractivity contribution in [3.63, 3.8) is 0 Å². The van der Waals surface area contributed by atoms with Crippen LogP contribution in [0.3, 0.4) is 0 Å². The summed E-state index contributed by atoms with van der Waals surface area (Å²) in [5.74, 6) is 1.32. The molecule has 1 amide bonds. The first kappa shape index (κ1) is 27.0. The zero-order valence-electron chi connectivity index (χ0n) is 22.6. The van der Waals surface area contributed by atoms with E-state index in [4.69, 9.17) is 5.73 Å².